The molecule has 0 fully saturated rings. The van der Waals surface area contributed by atoms with Crippen molar-refractivity contribution in [2.24, 2.45) is 0 Å². The number of carbonyl (C=O) groups is 1. The Kier molecular flexibility index (Phi) is 3.70. The Hall–Kier alpha value is -1.31. The first-order valence-corrected chi connectivity index (χ1v) is 7.48. The third kappa shape index (κ3) is 2.89. The summed E-state index contributed by atoms with van der Waals surface area (Å²) in [6, 6.07) is 6.69. The second-order valence-electron chi connectivity index (χ2n) is 7.77. The van der Waals surface area contributed by atoms with E-state index in [-0.39, 0.29) is 23.2 Å². The monoisotopic (exact) mass is 274 g/mol. The zero-order valence-corrected chi connectivity index (χ0v) is 13.3. The van der Waals surface area contributed by atoms with Crippen molar-refractivity contribution in [3.63, 3.8) is 0 Å². The highest BCUT2D eigenvalue weighted by atomic mass is 16.4. The van der Waals surface area contributed by atoms with Gasteiger partial charge in [0.25, 0.3) is 0 Å². The summed E-state index contributed by atoms with van der Waals surface area (Å²) in [7, 11) is 0. The molecule has 0 bridgehead atoms. The van der Waals surface area contributed by atoms with Crippen molar-refractivity contribution in [3.8, 4) is 0 Å². The Morgan fingerprint density at radius 3 is 2.55 bits per heavy atom. The lowest BCUT2D eigenvalue weighted by atomic mass is 9.67. The Bertz CT molecular complexity index is 521. The van der Waals surface area contributed by atoms with Crippen LogP contribution < -0.4 is 0 Å². The van der Waals surface area contributed by atoms with Crippen LogP contribution in [-0.2, 0) is 15.6 Å². The van der Waals surface area contributed by atoms with E-state index < -0.39 is 5.97 Å². The normalized spacial score (nSPS) is 21.4. The van der Waals surface area contributed by atoms with E-state index in [4.69, 9.17) is 5.11 Å². The van der Waals surface area contributed by atoms with Crippen LogP contribution in [0.25, 0.3) is 0 Å². The number of carboxylic acid groups (broad SMARTS) is 1. The number of fused-ring (bicyclic) bond motifs is 1. The molecule has 20 heavy (non-hydrogen) atoms. The molecule has 0 aromatic heterocycles. The van der Waals surface area contributed by atoms with Crippen LogP contribution in [0.15, 0.2) is 18.2 Å². The van der Waals surface area contributed by atoms with Gasteiger partial charge in [-0.15, -0.1) is 0 Å². The average molecular weight is 274 g/mol. The average Bonchev–Trinajstić information content (AvgIpc) is 2.31. The van der Waals surface area contributed by atoms with Gasteiger partial charge in [-0.25, -0.2) is 0 Å². The zero-order valence-electron chi connectivity index (χ0n) is 13.3. The lowest BCUT2D eigenvalue weighted by molar-refractivity contribution is -0.137. The first-order chi connectivity index (χ1) is 9.11. The smallest absolute Gasteiger partial charge is 0.303 e. The van der Waals surface area contributed by atoms with Crippen LogP contribution in [0, 0.1) is 0 Å². The van der Waals surface area contributed by atoms with Gasteiger partial charge in [0, 0.05) is 0 Å². The molecule has 0 aliphatic heterocycles. The molecule has 2 nitrogen and oxygen atoms in total. The Balaban J connectivity index is 2.51. The maximum absolute atomic E-state index is 11.1. The quantitative estimate of drug-likeness (QED) is 0.854. The van der Waals surface area contributed by atoms with Crippen LogP contribution in [0.1, 0.15) is 76.5 Å². The summed E-state index contributed by atoms with van der Waals surface area (Å²) in [5, 5.41) is 9.15. The molecular weight excluding hydrogens is 248 g/mol. The third-order valence-electron chi connectivity index (χ3n) is 4.63. The lowest BCUT2D eigenvalue weighted by Crippen LogP contribution is -2.28. The fourth-order valence-electron chi connectivity index (χ4n) is 3.23. The fraction of sp³-hybridized carbons (Fsp3) is 0.611. The molecule has 110 valence electrons. The molecule has 0 saturated heterocycles. The summed E-state index contributed by atoms with van der Waals surface area (Å²) in [6.45, 7) is 11.1. The van der Waals surface area contributed by atoms with Gasteiger partial charge in [0.1, 0.15) is 0 Å². The minimum Gasteiger partial charge on any atom is -0.481 e. The van der Waals surface area contributed by atoms with E-state index in [1.54, 1.807) is 0 Å². The van der Waals surface area contributed by atoms with Gasteiger partial charge >= 0.3 is 5.97 Å². The van der Waals surface area contributed by atoms with Crippen molar-refractivity contribution in [1.29, 1.82) is 0 Å². The molecule has 2 heteroatoms. The first-order valence-electron chi connectivity index (χ1n) is 7.48. The van der Waals surface area contributed by atoms with E-state index in [9.17, 15) is 4.79 Å². The van der Waals surface area contributed by atoms with Crippen molar-refractivity contribution < 1.29 is 9.90 Å². The van der Waals surface area contributed by atoms with Crippen LogP contribution in [0.2, 0.25) is 0 Å². The summed E-state index contributed by atoms with van der Waals surface area (Å²) in [4.78, 5) is 11.1. The number of aliphatic carboxylic acids is 1. The van der Waals surface area contributed by atoms with E-state index in [0.29, 0.717) is 0 Å². The second kappa shape index (κ2) is 4.91. The highest BCUT2D eigenvalue weighted by molar-refractivity contribution is 5.68. The van der Waals surface area contributed by atoms with Crippen LogP contribution in [0.5, 0.6) is 0 Å². The number of benzene rings is 1. The molecular formula is C18H26O2. The molecule has 0 amide bonds. The lowest BCUT2D eigenvalue weighted by Gasteiger charge is -2.38. The summed E-state index contributed by atoms with van der Waals surface area (Å²) < 4.78 is 0. The third-order valence-corrected chi connectivity index (χ3v) is 4.63. The van der Waals surface area contributed by atoms with Gasteiger partial charge in [-0.05, 0) is 46.3 Å². The Morgan fingerprint density at radius 1 is 1.35 bits per heavy atom. The number of hydrogen-bond acceptors (Lipinski definition) is 1. The molecule has 1 aromatic carbocycles. The predicted octanol–water partition coefficient (Wildman–Crippen LogP) is 4.61. The van der Waals surface area contributed by atoms with Crippen molar-refractivity contribution in [2.75, 3.05) is 0 Å². The number of carboxylic acids is 1. The SMILES string of the molecule is CC(C)(C)c1ccc2c(c1)C(CC(=O)O)CCC2(C)C. The maximum atomic E-state index is 11.1. The van der Waals surface area contributed by atoms with E-state index >= 15 is 0 Å². The molecule has 2 rings (SSSR count). The van der Waals surface area contributed by atoms with Gasteiger partial charge in [0.2, 0.25) is 0 Å². The van der Waals surface area contributed by atoms with Gasteiger partial charge in [-0.3, -0.25) is 4.79 Å². The minimum absolute atomic E-state index is 0.102. The van der Waals surface area contributed by atoms with Crippen molar-refractivity contribution in [1.82, 2.24) is 0 Å². The summed E-state index contributed by atoms with van der Waals surface area (Å²) >= 11 is 0. The second-order valence-corrected chi connectivity index (χ2v) is 7.77. The van der Waals surface area contributed by atoms with E-state index in [1.165, 1.54) is 16.7 Å². The Morgan fingerprint density at radius 2 is 2.00 bits per heavy atom. The molecule has 1 unspecified atom stereocenters. The molecule has 1 atom stereocenters. The largest absolute Gasteiger partial charge is 0.481 e. The molecule has 0 saturated carbocycles. The molecule has 1 aromatic rings. The van der Waals surface area contributed by atoms with Crippen LogP contribution >= 0.6 is 0 Å². The number of rotatable bonds is 2. The van der Waals surface area contributed by atoms with Gasteiger partial charge in [0.15, 0.2) is 0 Å². The van der Waals surface area contributed by atoms with Crippen LogP contribution in [0.3, 0.4) is 0 Å². The maximum Gasteiger partial charge on any atom is 0.303 e. The summed E-state index contributed by atoms with van der Waals surface area (Å²) in [5.41, 5.74) is 4.15. The molecule has 0 spiro atoms. The first kappa shape index (κ1) is 15.1. The van der Waals surface area contributed by atoms with E-state index in [1.807, 2.05) is 0 Å². The highest BCUT2D eigenvalue weighted by Crippen LogP contribution is 2.45. The van der Waals surface area contributed by atoms with Gasteiger partial charge in [-0.1, -0.05) is 52.8 Å². The molecule has 1 N–H and O–H groups in total. The molecule has 1 aliphatic rings. The number of hydrogen-bond donors (Lipinski definition) is 1. The standard InChI is InChI=1S/C18H26O2/c1-17(2,3)13-6-7-15-14(11-13)12(10-16(19)20)8-9-18(15,4)5/h6-7,11-12H,8-10H2,1-5H3,(H,19,20). The molecule has 0 radical (unpaired) electrons. The van der Waals surface area contributed by atoms with Crippen molar-refractivity contribution >= 4 is 5.97 Å². The van der Waals surface area contributed by atoms with E-state index in [2.05, 4.69) is 52.8 Å². The van der Waals surface area contributed by atoms with E-state index in [0.717, 1.165) is 12.8 Å². The van der Waals surface area contributed by atoms with Gasteiger partial charge < -0.3 is 5.11 Å². The van der Waals surface area contributed by atoms with Crippen molar-refractivity contribution in [2.45, 2.75) is 70.6 Å². The predicted molar refractivity (Wildman–Crippen MR) is 82.4 cm³/mol. The Labute approximate surface area is 122 Å². The minimum atomic E-state index is -0.693. The van der Waals surface area contributed by atoms with Crippen LogP contribution in [0.4, 0.5) is 0 Å². The van der Waals surface area contributed by atoms with Crippen molar-refractivity contribution in [3.05, 3.63) is 34.9 Å². The molecule has 1 aliphatic carbocycles. The van der Waals surface area contributed by atoms with Crippen LogP contribution in [-0.4, -0.2) is 11.1 Å². The van der Waals surface area contributed by atoms with Gasteiger partial charge in [0.05, 0.1) is 6.42 Å². The topological polar surface area (TPSA) is 37.3 Å². The summed E-state index contributed by atoms with van der Waals surface area (Å²) in [6.07, 6.45) is 2.28. The summed E-state index contributed by atoms with van der Waals surface area (Å²) in [5.74, 6) is -0.528. The highest BCUT2D eigenvalue weighted by Gasteiger charge is 2.34. The molecule has 0 heterocycles. The zero-order chi connectivity index (χ0) is 15.1. The fourth-order valence-corrected chi connectivity index (χ4v) is 3.23. The van der Waals surface area contributed by atoms with Gasteiger partial charge in [-0.2, -0.15) is 0 Å².